The lowest BCUT2D eigenvalue weighted by molar-refractivity contribution is 0.0760. The molecule has 0 aromatic carbocycles. The Bertz CT molecular complexity index is 244. The van der Waals surface area contributed by atoms with E-state index in [0.29, 0.717) is 12.0 Å². The number of hydrogen-bond donors (Lipinski definition) is 1. The van der Waals surface area contributed by atoms with Gasteiger partial charge in [0.2, 0.25) is 0 Å². The van der Waals surface area contributed by atoms with E-state index in [4.69, 9.17) is 4.74 Å². The van der Waals surface area contributed by atoms with Crippen LogP contribution >= 0.6 is 0 Å². The standard InChI is InChI=1S/C14H28N2O2/c1-12(2)18-10-5-4-8-15-14(17)16-9-6-7-13(3)11-16/h12-13H,4-11H2,1-3H3,(H,15,17). The molecule has 106 valence electrons. The molecule has 0 aromatic heterocycles. The highest BCUT2D eigenvalue weighted by atomic mass is 16.5. The Morgan fingerprint density at radius 2 is 2.22 bits per heavy atom. The number of rotatable bonds is 6. The molecule has 0 aliphatic carbocycles. The lowest BCUT2D eigenvalue weighted by Gasteiger charge is -2.30. The second-order valence-corrected chi connectivity index (χ2v) is 5.55. The van der Waals surface area contributed by atoms with Gasteiger partial charge in [-0.2, -0.15) is 0 Å². The van der Waals surface area contributed by atoms with E-state index in [-0.39, 0.29) is 6.03 Å². The predicted molar refractivity (Wildman–Crippen MR) is 73.7 cm³/mol. The van der Waals surface area contributed by atoms with Gasteiger partial charge in [0, 0.05) is 26.2 Å². The van der Waals surface area contributed by atoms with Crippen molar-refractivity contribution in [2.24, 2.45) is 5.92 Å². The number of unbranched alkanes of at least 4 members (excludes halogenated alkanes) is 1. The van der Waals surface area contributed by atoms with Gasteiger partial charge in [0.1, 0.15) is 0 Å². The molecule has 1 aliphatic heterocycles. The van der Waals surface area contributed by atoms with Crippen LogP contribution in [0.1, 0.15) is 46.5 Å². The fraction of sp³-hybridized carbons (Fsp3) is 0.929. The summed E-state index contributed by atoms with van der Waals surface area (Å²) < 4.78 is 5.46. The van der Waals surface area contributed by atoms with Crippen LogP contribution in [0, 0.1) is 5.92 Å². The molecular weight excluding hydrogens is 228 g/mol. The van der Waals surface area contributed by atoms with Crippen molar-refractivity contribution >= 4 is 6.03 Å². The quantitative estimate of drug-likeness (QED) is 0.742. The number of hydrogen-bond acceptors (Lipinski definition) is 2. The summed E-state index contributed by atoms with van der Waals surface area (Å²) in [7, 11) is 0. The molecule has 1 atom stereocenters. The normalized spacial score (nSPS) is 20.2. The van der Waals surface area contributed by atoms with E-state index in [9.17, 15) is 4.79 Å². The van der Waals surface area contributed by atoms with Crippen LogP contribution in [0.25, 0.3) is 0 Å². The zero-order valence-electron chi connectivity index (χ0n) is 12.1. The van der Waals surface area contributed by atoms with Gasteiger partial charge in [-0.15, -0.1) is 0 Å². The number of nitrogens with zero attached hydrogens (tertiary/aromatic N) is 1. The van der Waals surface area contributed by atoms with Gasteiger partial charge in [-0.3, -0.25) is 0 Å². The first kappa shape index (κ1) is 15.3. The average molecular weight is 256 g/mol. The summed E-state index contributed by atoms with van der Waals surface area (Å²) >= 11 is 0. The predicted octanol–water partition coefficient (Wildman–Crippen LogP) is 2.63. The maximum atomic E-state index is 11.9. The minimum Gasteiger partial charge on any atom is -0.379 e. The van der Waals surface area contributed by atoms with Gasteiger partial charge >= 0.3 is 6.03 Å². The first-order valence-electron chi connectivity index (χ1n) is 7.24. The van der Waals surface area contributed by atoms with Crippen LogP contribution in [-0.2, 0) is 4.74 Å². The SMILES string of the molecule is CC1CCCN(C(=O)NCCCCOC(C)C)C1. The first-order valence-corrected chi connectivity index (χ1v) is 7.24. The third kappa shape index (κ3) is 6.24. The van der Waals surface area contributed by atoms with Crippen LogP contribution in [0.3, 0.4) is 0 Å². The van der Waals surface area contributed by atoms with Crippen molar-refractivity contribution in [1.82, 2.24) is 10.2 Å². The highest BCUT2D eigenvalue weighted by Crippen LogP contribution is 2.15. The highest BCUT2D eigenvalue weighted by Gasteiger charge is 2.20. The molecule has 1 aliphatic rings. The number of carbonyl (C=O) groups excluding carboxylic acids is 1. The Morgan fingerprint density at radius 1 is 1.44 bits per heavy atom. The Labute approximate surface area is 111 Å². The fourth-order valence-corrected chi connectivity index (χ4v) is 2.23. The molecule has 0 bridgehead atoms. The van der Waals surface area contributed by atoms with Crippen LogP contribution in [0.2, 0.25) is 0 Å². The maximum Gasteiger partial charge on any atom is 0.317 e. The molecule has 1 N–H and O–H groups in total. The topological polar surface area (TPSA) is 41.6 Å². The second kappa shape index (κ2) is 8.35. The minimum absolute atomic E-state index is 0.103. The molecule has 0 spiro atoms. The van der Waals surface area contributed by atoms with Crippen LogP contribution in [0.4, 0.5) is 4.79 Å². The summed E-state index contributed by atoms with van der Waals surface area (Å²) in [6, 6.07) is 0.103. The Kier molecular flexibility index (Phi) is 7.09. The van der Waals surface area contributed by atoms with Gasteiger partial charge in [-0.25, -0.2) is 4.79 Å². The van der Waals surface area contributed by atoms with Crippen LogP contribution in [-0.4, -0.2) is 43.3 Å². The minimum atomic E-state index is 0.103. The van der Waals surface area contributed by atoms with Gasteiger partial charge in [0.15, 0.2) is 0 Å². The van der Waals surface area contributed by atoms with E-state index < -0.39 is 0 Å². The van der Waals surface area contributed by atoms with Gasteiger partial charge in [-0.05, 0) is 45.4 Å². The maximum absolute atomic E-state index is 11.9. The second-order valence-electron chi connectivity index (χ2n) is 5.55. The van der Waals surface area contributed by atoms with Crippen LogP contribution < -0.4 is 5.32 Å². The largest absolute Gasteiger partial charge is 0.379 e. The molecule has 1 saturated heterocycles. The molecule has 4 heteroatoms. The van der Waals surface area contributed by atoms with E-state index in [2.05, 4.69) is 12.2 Å². The van der Waals surface area contributed by atoms with E-state index in [1.54, 1.807) is 0 Å². The van der Waals surface area contributed by atoms with Crippen LogP contribution in [0.5, 0.6) is 0 Å². The molecule has 1 heterocycles. The molecule has 0 aromatic rings. The zero-order valence-corrected chi connectivity index (χ0v) is 12.1. The third-order valence-corrected chi connectivity index (χ3v) is 3.24. The van der Waals surface area contributed by atoms with E-state index >= 15 is 0 Å². The lowest BCUT2D eigenvalue weighted by atomic mass is 10.0. The number of carbonyl (C=O) groups is 1. The lowest BCUT2D eigenvalue weighted by Crippen LogP contribution is -2.45. The Morgan fingerprint density at radius 3 is 2.89 bits per heavy atom. The van der Waals surface area contributed by atoms with Crippen molar-refractivity contribution < 1.29 is 9.53 Å². The molecule has 0 saturated carbocycles. The number of urea groups is 1. The van der Waals surface area contributed by atoms with E-state index in [1.807, 2.05) is 18.7 Å². The zero-order chi connectivity index (χ0) is 13.4. The molecule has 2 amide bonds. The third-order valence-electron chi connectivity index (χ3n) is 3.24. The van der Waals surface area contributed by atoms with Crippen molar-refractivity contribution in [2.75, 3.05) is 26.2 Å². The first-order chi connectivity index (χ1) is 8.59. The molecule has 1 unspecified atom stereocenters. The van der Waals surface area contributed by atoms with Gasteiger partial charge < -0.3 is 15.0 Å². The number of ether oxygens (including phenoxy) is 1. The summed E-state index contributed by atoms with van der Waals surface area (Å²) in [5.74, 6) is 0.643. The molecule has 18 heavy (non-hydrogen) atoms. The highest BCUT2D eigenvalue weighted by molar-refractivity contribution is 5.74. The molecular formula is C14H28N2O2. The van der Waals surface area contributed by atoms with Gasteiger partial charge in [0.25, 0.3) is 0 Å². The summed E-state index contributed by atoms with van der Waals surface area (Å²) in [6.07, 6.45) is 4.68. The molecule has 1 rings (SSSR count). The monoisotopic (exact) mass is 256 g/mol. The Balaban J connectivity index is 2.02. The Hall–Kier alpha value is -0.770. The van der Waals surface area contributed by atoms with E-state index in [1.165, 1.54) is 6.42 Å². The van der Waals surface area contributed by atoms with Crippen molar-refractivity contribution in [2.45, 2.75) is 52.6 Å². The smallest absolute Gasteiger partial charge is 0.317 e. The summed E-state index contributed by atoms with van der Waals surface area (Å²) in [5.41, 5.74) is 0. The molecule has 1 fully saturated rings. The number of piperidine rings is 1. The summed E-state index contributed by atoms with van der Waals surface area (Å²) in [5, 5.41) is 2.99. The number of likely N-dealkylation sites (tertiary alicyclic amines) is 1. The number of nitrogens with one attached hydrogen (secondary N) is 1. The molecule has 0 radical (unpaired) electrons. The summed E-state index contributed by atoms with van der Waals surface area (Å²) in [4.78, 5) is 13.8. The van der Waals surface area contributed by atoms with Gasteiger partial charge in [-0.1, -0.05) is 6.92 Å². The van der Waals surface area contributed by atoms with Crippen molar-refractivity contribution in [3.8, 4) is 0 Å². The summed E-state index contributed by atoms with van der Waals surface area (Å²) in [6.45, 7) is 9.65. The van der Waals surface area contributed by atoms with Crippen molar-refractivity contribution in [3.63, 3.8) is 0 Å². The fourth-order valence-electron chi connectivity index (χ4n) is 2.23. The van der Waals surface area contributed by atoms with Crippen molar-refractivity contribution in [3.05, 3.63) is 0 Å². The number of amides is 2. The van der Waals surface area contributed by atoms with Crippen LogP contribution in [0.15, 0.2) is 0 Å². The van der Waals surface area contributed by atoms with E-state index in [0.717, 1.165) is 45.5 Å². The average Bonchev–Trinajstić information content (AvgIpc) is 2.33. The molecule has 4 nitrogen and oxygen atoms in total. The van der Waals surface area contributed by atoms with Crippen molar-refractivity contribution in [1.29, 1.82) is 0 Å². The van der Waals surface area contributed by atoms with Gasteiger partial charge in [0.05, 0.1) is 6.10 Å².